The molecule has 0 amide bonds. The summed E-state index contributed by atoms with van der Waals surface area (Å²) in [6, 6.07) is 9.42. The van der Waals surface area contributed by atoms with Crippen molar-refractivity contribution in [3.8, 4) is 17.2 Å². The summed E-state index contributed by atoms with van der Waals surface area (Å²) in [7, 11) is 3.05. The van der Waals surface area contributed by atoms with Gasteiger partial charge >= 0.3 is 5.97 Å². The molecule has 8 nitrogen and oxygen atoms in total. The van der Waals surface area contributed by atoms with Gasteiger partial charge in [-0.1, -0.05) is 33.3 Å². The molecule has 0 radical (unpaired) electrons. The lowest BCUT2D eigenvalue weighted by Crippen LogP contribution is -2.40. The smallest absolute Gasteiger partial charge is 0.338 e. The summed E-state index contributed by atoms with van der Waals surface area (Å²) < 4.78 is 18.7. The van der Waals surface area contributed by atoms with Crippen molar-refractivity contribution in [3.05, 3.63) is 83.0 Å². The molecule has 1 aromatic heterocycles. The van der Waals surface area contributed by atoms with E-state index in [1.807, 2.05) is 0 Å². The van der Waals surface area contributed by atoms with Crippen LogP contribution in [0.4, 0.5) is 0 Å². The van der Waals surface area contributed by atoms with Gasteiger partial charge in [0.05, 0.1) is 42.7 Å². The maximum absolute atomic E-state index is 13.7. The number of allylic oxidation sites excluding steroid dienone is 1. The summed E-state index contributed by atoms with van der Waals surface area (Å²) in [5, 5.41) is 10.3. The number of nitrogens with zero attached hydrogens (tertiary/aromatic N) is 2. The highest BCUT2D eigenvalue weighted by atomic mass is 79.9. The number of fused-ring (bicyclic) bond motifs is 1. The Balaban J connectivity index is 1.99. The van der Waals surface area contributed by atoms with Gasteiger partial charge < -0.3 is 19.3 Å². The molecule has 182 valence electrons. The number of hydrogen-bond acceptors (Lipinski definition) is 8. The van der Waals surface area contributed by atoms with Crippen molar-refractivity contribution in [3.63, 3.8) is 0 Å². The van der Waals surface area contributed by atoms with E-state index in [-0.39, 0.29) is 23.5 Å². The maximum Gasteiger partial charge on any atom is 0.338 e. The molecule has 0 aliphatic carbocycles. The van der Waals surface area contributed by atoms with Gasteiger partial charge in [0.2, 0.25) is 0 Å². The molecule has 0 fully saturated rings. The molecule has 10 heteroatoms. The lowest BCUT2D eigenvalue weighted by molar-refractivity contribution is -0.139. The largest absolute Gasteiger partial charge is 0.507 e. The number of esters is 1. The van der Waals surface area contributed by atoms with Crippen molar-refractivity contribution in [1.82, 2.24) is 4.57 Å². The number of methoxy groups -OCH3 is 2. The summed E-state index contributed by atoms with van der Waals surface area (Å²) in [5.74, 6) is 0.475. The van der Waals surface area contributed by atoms with Gasteiger partial charge in [0.25, 0.3) is 5.56 Å². The molecule has 4 rings (SSSR count). The minimum atomic E-state index is -0.789. The second-order valence-corrected chi connectivity index (χ2v) is 9.54. The molecule has 1 aliphatic heterocycles. The first kappa shape index (κ1) is 24.7. The number of halogens is 1. The highest BCUT2D eigenvalue weighted by Crippen LogP contribution is 2.36. The molecule has 0 saturated heterocycles. The number of carbonyl (C=O) groups is 1. The highest BCUT2D eigenvalue weighted by Gasteiger charge is 2.34. The summed E-state index contributed by atoms with van der Waals surface area (Å²) in [4.78, 5) is 31.7. The standard InChI is InChI=1S/C25H23BrN2O6S/c1-5-34-24(31)21-13(2)27-25-28(22(21)14-6-9-18(32-3)19(11-14)33-4)23(30)20(35-25)12-15-10-16(26)7-8-17(15)29/h6-12,22,29H,5H2,1-4H3/b20-12-/t22-/m0/s1. The zero-order valence-electron chi connectivity index (χ0n) is 19.5. The Hall–Kier alpha value is -3.37. The monoisotopic (exact) mass is 558 g/mol. The van der Waals surface area contributed by atoms with Gasteiger partial charge in [0.1, 0.15) is 5.75 Å². The van der Waals surface area contributed by atoms with Crippen molar-refractivity contribution in [2.75, 3.05) is 20.8 Å². The van der Waals surface area contributed by atoms with Crippen LogP contribution in [0.3, 0.4) is 0 Å². The number of hydrogen-bond donors (Lipinski definition) is 1. The van der Waals surface area contributed by atoms with E-state index in [1.165, 1.54) is 30.1 Å². The predicted octanol–water partition coefficient (Wildman–Crippen LogP) is 3.28. The van der Waals surface area contributed by atoms with Gasteiger partial charge in [-0.2, -0.15) is 0 Å². The number of rotatable bonds is 6. The van der Waals surface area contributed by atoms with Gasteiger partial charge in [0.15, 0.2) is 16.3 Å². The Morgan fingerprint density at radius 2 is 1.94 bits per heavy atom. The van der Waals surface area contributed by atoms with Crippen LogP contribution in [0.1, 0.15) is 31.0 Å². The lowest BCUT2D eigenvalue weighted by Gasteiger charge is -2.25. The van der Waals surface area contributed by atoms with Crippen LogP contribution in [0.2, 0.25) is 0 Å². The van der Waals surface area contributed by atoms with Crippen molar-refractivity contribution < 1.29 is 24.1 Å². The van der Waals surface area contributed by atoms with Crippen LogP contribution >= 0.6 is 27.3 Å². The average molecular weight is 559 g/mol. The van der Waals surface area contributed by atoms with Crippen molar-refractivity contribution in [1.29, 1.82) is 0 Å². The van der Waals surface area contributed by atoms with Gasteiger partial charge in [0, 0.05) is 10.0 Å². The topological polar surface area (TPSA) is 99.4 Å². The number of benzene rings is 2. The molecule has 0 unspecified atom stereocenters. The van der Waals surface area contributed by atoms with E-state index in [9.17, 15) is 14.7 Å². The highest BCUT2D eigenvalue weighted by molar-refractivity contribution is 9.10. The minimum absolute atomic E-state index is 0.0406. The molecular formula is C25H23BrN2O6S. The predicted molar refractivity (Wildman–Crippen MR) is 136 cm³/mol. The van der Waals surface area contributed by atoms with E-state index in [0.717, 1.165) is 4.47 Å². The van der Waals surface area contributed by atoms with E-state index >= 15 is 0 Å². The molecule has 35 heavy (non-hydrogen) atoms. The minimum Gasteiger partial charge on any atom is -0.507 e. The van der Waals surface area contributed by atoms with E-state index in [4.69, 9.17) is 14.2 Å². The Labute approximate surface area is 213 Å². The second kappa shape index (κ2) is 10.1. The Bertz CT molecular complexity index is 1520. The molecule has 0 bridgehead atoms. The van der Waals surface area contributed by atoms with Gasteiger partial charge in [-0.15, -0.1) is 0 Å². The van der Waals surface area contributed by atoms with Crippen LogP contribution in [0.25, 0.3) is 6.08 Å². The molecule has 0 spiro atoms. The number of aromatic hydroxyl groups is 1. The molecule has 2 aromatic carbocycles. The van der Waals surface area contributed by atoms with Crippen LogP contribution in [0.15, 0.2) is 61.9 Å². The maximum atomic E-state index is 13.7. The third-order valence-corrected chi connectivity index (χ3v) is 6.99. The van der Waals surface area contributed by atoms with Crippen LogP contribution in [-0.2, 0) is 9.53 Å². The molecule has 0 saturated carbocycles. The van der Waals surface area contributed by atoms with Crippen molar-refractivity contribution >= 4 is 39.3 Å². The normalized spacial score (nSPS) is 15.5. The second-order valence-electron chi connectivity index (χ2n) is 7.62. The fourth-order valence-electron chi connectivity index (χ4n) is 3.91. The molecule has 1 atom stereocenters. The Morgan fingerprint density at radius 3 is 2.63 bits per heavy atom. The third-order valence-electron chi connectivity index (χ3n) is 5.52. The van der Waals surface area contributed by atoms with Crippen molar-refractivity contribution in [2.45, 2.75) is 19.9 Å². The SMILES string of the molecule is CCOC(=O)C1=C(C)N=c2s/c(=C\c3cc(Br)ccc3O)c(=O)n2[C@H]1c1ccc(OC)c(OC)c1. The fourth-order valence-corrected chi connectivity index (χ4v) is 5.33. The van der Waals surface area contributed by atoms with Gasteiger partial charge in [-0.25, -0.2) is 9.79 Å². The summed E-state index contributed by atoms with van der Waals surface area (Å²) in [5.41, 5.74) is 1.50. The first-order valence-corrected chi connectivity index (χ1v) is 12.3. The molecule has 2 heterocycles. The first-order chi connectivity index (χ1) is 16.8. The summed E-state index contributed by atoms with van der Waals surface area (Å²) in [6.45, 7) is 3.62. The molecular weight excluding hydrogens is 536 g/mol. The fraction of sp³-hybridized carbons (Fsp3) is 0.240. The molecule has 1 N–H and O–H groups in total. The average Bonchev–Trinajstić information content (AvgIpc) is 3.14. The van der Waals surface area contributed by atoms with E-state index in [2.05, 4.69) is 20.9 Å². The summed E-state index contributed by atoms with van der Waals surface area (Å²) >= 11 is 4.57. The van der Waals surface area contributed by atoms with Crippen LogP contribution in [0.5, 0.6) is 17.2 Å². The molecule has 1 aliphatic rings. The first-order valence-electron chi connectivity index (χ1n) is 10.7. The van der Waals surface area contributed by atoms with Gasteiger partial charge in [-0.05, 0) is 55.8 Å². The van der Waals surface area contributed by atoms with Crippen LogP contribution in [-0.4, -0.2) is 36.5 Å². The number of ether oxygens (including phenoxy) is 3. The zero-order chi connectivity index (χ0) is 25.3. The quantitative estimate of drug-likeness (QED) is 0.466. The third kappa shape index (κ3) is 4.63. The zero-order valence-corrected chi connectivity index (χ0v) is 21.9. The number of phenols is 1. The number of phenolic OH excluding ortho intramolecular Hbond substituents is 1. The van der Waals surface area contributed by atoms with Crippen LogP contribution < -0.4 is 24.4 Å². The summed E-state index contributed by atoms with van der Waals surface area (Å²) in [6.07, 6.45) is 1.61. The van der Waals surface area contributed by atoms with Gasteiger partial charge in [-0.3, -0.25) is 9.36 Å². The number of aromatic nitrogens is 1. The van der Waals surface area contributed by atoms with Crippen LogP contribution in [0, 0.1) is 0 Å². The van der Waals surface area contributed by atoms with E-state index in [0.29, 0.717) is 37.7 Å². The molecule has 3 aromatic rings. The Kier molecular flexibility index (Phi) is 7.13. The lowest BCUT2D eigenvalue weighted by atomic mass is 9.95. The van der Waals surface area contributed by atoms with E-state index < -0.39 is 12.0 Å². The Morgan fingerprint density at radius 1 is 1.20 bits per heavy atom. The number of carbonyl (C=O) groups excluding carboxylic acids is 1. The number of thiazole rings is 1. The van der Waals surface area contributed by atoms with Crippen molar-refractivity contribution in [2.24, 2.45) is 4.99 Å². The van der Waals surface area contributed by atoms with E-state index in [1.54, 1.807) is 56.3 Å².